The van der Waals surface area contributed by atoms with Gasteiger partial charge in [-0.3, -0.25) is 24.6 Å². The zero-order valence-corrected chi connectivity index (χ0v) is 19.6. The normalized spacial score (nSPS) is 19.8. The molecule has 0 aromatic heterocycles. The van der Waals surface area contributed by atoms with Crippen molar-refractivity contribution in [3.8, 4) is 5.75 Å². The third-order valence-electron chi connectivity index (χ3n) is 6.07. The topological polar surface area (TPSA) is 105 Å². The molecule has 176 valence electrons. The number of anilines is 1. The number of benzene rings is 1. The molecule has 0 bridgehead atoms. The van der Waals surface area contributed by atoms with Crippen molar-refractivity contribution < 1.29 is 19.2 Å². The van der Waals surface area contributed by atoms with Crippen molar-refractivity contribution in [3.63, 3.8) is 0 Å². The van der Waals surface area contributed by atoms with Gasteiger partial charge in [0.2, 0.25) is 5.91 Å². The van der Waals surface area contributed by atoms with Crippen molar-refractivity contribution in [1.82, 2.24) is 10.2 Å². The van der Waals surface area contributed by atoms with Gasteiger partial charge in [-0.15, -0.1) is 0 Å². The van der Waals surface area contributed by atoms with E-state index in [1.165, 1.54) is 23.1 Å². The number of hydrogen-bond acceptors (Lipinski definition) is 6. The summed E-state index contributed by atoms with van der Waals surface area (Å²) in [6.07, 6.45) is 3.44. The summed E-state index contributed by atoms with van der Waals surface area (Å²) in [5, 5.41) is 14.9. The first-order valence-corrected chi connectivity index (χ1v) is 11.2. The molecular formula is C23H34N4O5. The van der Waals surface area contributed by atoms with E-state index in [2.05, 4.69) is 39.9 Å². The second-order valence-corrected chi connectivity index (χ2v) is 10.1. The zero-order chi connectivity index (χ0) is 23.7. The molecule has 9 heteroatoms. The van der Waals surface area contributed by atoms with E-state index in [1.54, 1.807) is 0 Å². The fourth-order valence-corrected chi connectivity index (χ4v) is 5.03. The molecule has 32 heavy (non-hydrogen) atoms. The van der Waals surface area contributed by atoms with Crippen LogP contribution in [-0.2, 0) is 9.59 Å². The Morgan fingerprint density at radius 1 is 1.28 bits per heavy atom. The number of non-ortho nitro benzene ring substituents is 1. The molecule has 2 aliphatic rings. The van der Waals surface area contributed by atoms with Crippen LogP contribution in [-0.4, -0.2) is 58.5 Å². The molecule has 2 amide bonds. The second kappa shape index (κ2) is 9.05. The molecule has 0 saturated carbocycles. The van der Waals surface area contributed by atoms with Gasteiger partial charge in [0.1, 0.15) is 12.3 Å². The summed E-state index contributed by atoms with van der Waals surface area (Å²) >= 11 is 0. The van der Waals surface area contributed by atoms with Gasteiger partial charge in [-0.1, -0.05) is 13.3 Å². The maximum absolute atomic E-state index is 13.5. The first-order valence-electron chi connectivity index (χ1n) is 11.2. The van der Waals surface area contributed by atoms with Crippen LogP contribution >= 0.6 is 0 Å². The maximum Gasteiger partial charge on any atom is 0.271 e. The Morgan fingerprint density at radius 3 is 2.53 bits per heavy atom. The summed E-state index contributed by atoms with van der Waals surface area (Å²) in [5.41, 5.74) is -0.132. The Hall–Kier alpha value is -2.68. The highest BCUT2D eigenvalue weighted by Crippen LogP contribution is 2.36. The molecule has 0 unspecified atom stereocenters. The van der Waals surface area contributed by atoms with Gasteiger partial charge in [0.25, 0.3) is 11.6 Å². The summed E-state index contributed by atoms with van der Waals surface area (Å²) in [4.78, 5) is 40.1. The minimum absolute atomic E-state index is 0.0426. The Labute approximate surface area is 189 Å². The molecule has 1 aromatic carbocycles. The van der Waals surface area contributed by atoms with Gasteiger partial charge in [-0.05, 0) is 53.0 Å². The standard InChI is InChI=1S/C23H34N4O5/c1-6-7-10-25(17-12-22(2,3)24-23(4,5)13-17)20(28)14-26-18-11-16(27(30)31)8-9-19(18)32-15-21(26)29/h8-9,11,17,24H,6-7,10,12-15H2,1-5H3. The Morgan fingerprint density at radius 2 is 1.94 bits per heavy atom. The molecule has 0 aliphatic carbocycles. The van der Waals surface area contributed by atoms with E-state index in [9.17, 15) is 19.7 Å². The van der Waals surface area contributed by atoms with E-state index in [0.717, 1.165) is 25.7 Å². The first-order chi connectivity index (χ1) is 14.9. The largest absolute Gasteiger partial charge is 0.482 e. The quantitative estimate of drug-likeness (QED) is 0.509. The molecule has 1 aromatic rings. The van der Waals surface area contributed by atoms with E-state index in [4.69, 9.17) is 4.74 Å². The van der Waals surface area contributed by atoms with Crippen LogP contribution in [0.25, 0.3) is 0 Å². The lowest BCUT2D eigenvalue weighted by Gasteiger charge is -2.50. The van der Waals surface area contributed by atoms with E-state index in [1.807, 2.05) is 4.90 Å². The van der Waals surface area contributed by atoms with Crippen molar-refractivity contribution in [2.75, 3.05) is 24.6 Å². The minimum Gasteiger partial charge on any atom is -0.482 e. The lowest BCUT2D eigenvalue weighted by atomic mass is 9.79. The van der Waals surface area contributed by atoms with Crippen LogP contribution in [0.5, 0.6) is 5.75 Å². The molecule has 0 spiro atoms. The lowest BCUT2D eigenvalue weighted by Crippen LogP contribution is -2.63. The number of nitrogens with zero attached hydrogens (tertiary/aromatic N) is 3. The van der Waals surface area contributed by atoms with Crippen LogP contribution in [0.4, 0.5) is 11.4 Å². The van der Waals surface area contributed by atoms with Crippen LogP contribution in [0, 0.1) is 10.1 Å². The fourth-order valence-electron chi connectivity index (χ4n) is 5.03. The first kappa shape index (κ1) is 24.0. The van der Waals surface area contributed by atoms with Crippen LogP contribution in [0.3, 0.4) is 0 Å². The lowest BCUT2D eigenvalue weighted by molar-refractivity contribution is -0.384. The van der Waals surface area contributed by atoms with Gasteiger partial charge < -0.3 is 15.0 Å². The van der Waals surface area contributed by atoms with Gasteiger partial charge in [0.05, 0.1) is 10.6 Å². The SMILES string of the molecule is CCCCN(C(=O)CN1C(=O)COc2ccc([N+](=O)[O-])cc21)C1CC(C)(C)NC(C)(C)C1. The zero-order valence-electron chi connectivity index (χ0n) is 19.6. The highest BCUT2D eigenvalue weighted by Gasteiger charge is 2.41. The molecule has 0 atom stereocenters. The third-order valence-corrected chi connectivity index (χ3v) is 6.07. The summed E-state index contributed by atoms with van der Waals surface area (Å²) in [6.45, 7) is 10.9. The monoisotopic (exact) mass is 446 g/mol. The molecule has 3 rings (SSSR count). The van der Waals surface area contributed by atoms with Crippen LogP contribution in [0.1, 0.15) is 60.3 Å². The smallest absolute Gasteiger partial charge is 0.271 e. The number of unbranched alkanes of at least 4 members (excludes halogenated alkanes) is 1. The number of nitro groups is 1. The molecule has 1 fully saturated rings. The Balaban J connectivity index is 1.88. The number of carbonyl (C=O) groups is 2. The van der Waals surface area contributed by atoms with Crippen LogP contribution in [0.2, 0.25) is 0 Å². The van der Waals surface area contributed by atoms with Crippen molar-refractivity contribution in [3.05, 3.63) is 28.3 Å². The molecule has 9 nitrogen and oxygen atoms in total. The molecular weight excluding hydrogens is 412 g/mol. The van der Waals surface area contributed by atoms with Gasteiger partial charge in [-0.2, -0.15) is 0 Å². The Kier molecular flexibility index (Phi) is 6.78. The van der Waals surface area contributed by atoms with Gasteiger partial charge in [0.15, 0.2) is 6.61 Å². The van der Waals surface area contributed by atoms with Gasteiger partial charge in [-0.25, -0.2) is 0 Å². The van der Waals surface area contributed by atoms with E-state index >= 15 is 0 Å². The van der Waals surface area contributed by atoms with Crippen molar-refractivity contribution in [1.29, 1.82) is 0 Å². The number of rotatable bonds is 7. The van der Waals surface area contributed by atoms with Gasteiger partial charge >= 0.3 is 0 Å². The third kappa shape index (κ3) is 5.38. The molecule has 2 aliphatic heterocycles. The average Bonchev–Trinajstić information content (AvgIpc) is 2.67. The van der Waals surface area contributed by atoms with Crippen molar-refractivity contribution in [2.24, 2.45) is 0 Å². The summed E-state index contributed by atoms with van der Waals surface area (Å²) in [6, 6.07) is 4.15. The molecule has 1 saturated heterocycles. The fraction of sp³-hybridized carbons (Fsp3) is 0.652. The number of amides is 2. The van der Waals surface area contributed by atoms with Gasteiger partial charge in [0, 0.05) is 35.8 Å². The average molecular weight is 447 g/mol. The molecule has 1 N–H and O–H groups in total. The van der Waals surface area contributed by atoms with Crippen molar-refractivity contribution in [2.45, 2.75) is 77.4 Å². The molecule has 2 heterocycles. The number of nitrogens with one attached hydrogen (secondary N) is 1. The summed E-state index contributed by atoms with van der Waals surface area (Å²) < 4.78 is 5.43. The second-order valence-electron chi connectivity index (χ2n) is 10.1. The number of ether oxygens (including phenoxy) is 1. The number of hydrogen-bond donors (Lipinski definition) is 1. The predicted octanol–water partition coefficient (Wildman–Crippen LogP) is 3.26. The van der Waals surface area contributed by atoms with E-state index < -0.39 is 4.92 Å². The molecule has 0 radical (unpaired) electrons. The number of piperidine rings is 1. The highest BCUT2D eigenvalue weighted by molar-refractivity contribution is 6.02. The van der Waals surface area contributed by atoms with Crippen LogP contribution in [0.15, 0.2) is 18.2 Å². The van der Waals surface area contributed by atoms with E-state index in [0.29, 0.717) is 12.3 Å². The number of nitro benzene ring substituents is 1. The number of fused-ring (bicyclic) bond motifs is 1. The summed E-state index contributed by atoms with van der Waals surface area (Å²) in [7, 11) is 0. The summed E-state index contributed by atoms with van der Waals surface area (Å²) in [5.74, 6) is -0.162. The van der Waals surface area contributed by atoms with Crippen LogP contribution < -0.4 is 15.0 Å². The predicted molar refractivity (Wildman–Crippen MR) is 122 cm³/mol. The number of carbonyl (C=O) groups excluding carboxylic acids is 2. The maximum atomic E-state index is 13.5. The van der Waals surface area contributed by atoms with Crippen molar-refractivity contribution >= 4 is 23.2 Å². The minimum atomic E-state index is -0.522. The highest BCUT2D eigenvalue weighted by atomic mass is 16.6. The van der Waals surface area contributed by atoms with E-state index in [-0.39, 0.29) is 53.5 Å². The Bertz CT molecular complexity index is 882.